The zero-order chi connectivity index (χ0) is 10.7. The van der Waals surface area contributed by atoms with Crippen molar-refractivity contribution in [2.75, 3.05) is 13.1 Å². The lowest BCUT2D eigenvalue weighted by Gasteiger charge is -2.34. The highest BCUT2D eigenvalue weighted by Gasteiger charge is 2.26. The SMILES string of the molecule is NCC1CCCCN1C(=O)c1cnc[nH]1. The third kappa shape index (κ3) is 2.02. The van der Waals surface area contributed by atoms with Crippen molar-refractivity contribution in [1.82, 2.24) is 14.9 Å². The van der Waals surface area contributed by atoms with Crippen molar-refractivity contribution >= 4 is 5.91 Å². The van der Waals surface area contributed by atoms with Gasteiger partial charge in [-0.25, -0.2) is 4.98 Å². The van der Waals surface area contributed by atoms with Gasteiger partial charge >= 0.3 is 0 Å². The van der Waals surface area contributed by atoms with E-state index in [1.165, 1.54) is 6.33 Å². The van der Waals surface area contributed by atoms with Gasteiger partial charge in [0.05, 0.1) is 12.5 Å². The van der Waals surface area contributed by atoms with Gasteiger partial charge in [0.1, 0.15) is 5.69 Å². The maximum absolute atomic E-state index is 12.0. The van der Waals surface area contributed by atoms with E-state index >= 15 is 0 Å². The standard InChI is InChI=1S/C10H16N4O/c11-5-8-3-1-2-4-14(8)10(15)9-6-12-7-13-9/h6-8H,1-5,11H2,(H,12,13). The number of carbonyl (C=O) groups is 1. The highest BCUT2D eigenvalue weighted by molar-refractivity contribution is 5.92. The van der Waals surface area contributed by atoms with Crippen molar-refractivity contribution in [1.29, 1.82) is 0 Å². The number of aromatic nitrogens is 2. The number of hydrogen-bond donors (Lipinski definition) is 2. The number of hydrogen-bond acceptors (Lipinski definition) is 3. The zero-order valence-corrected chi connectivity index (χ0v) is 8.65. The van der Waals surface area contributed by atoms with Crippen LogP contribution in [0.4, 0.5) is 0 Å². The first-order valence-corrected chi connectivity index (χ1v) is 5.32. The maximum atomic E-state index is 12.0. The molecule has 3 N–H and O–H groups in total. The molecule has 0 aromatic carbocycles. The van der Waals surface area contributed by atoms with E-state index in [2.05, 4.69) is 9.97 Å². The minimum atomic E-state index is 0.0163. The van der Waals surface area contributed by atoms with Crippen molar-refractivity contribution in [3.05, 3.63) is 18.2 Å². The van der Waals surface area contributed by atoms with Crippen LogP contribution in [0.3, 0.4) is 0 Å². The van der Waals surface area contributed by atoms with Gasteiger partial charge in [0, 0.05) is 19.1 Å². The van der Waals surface area contributed by atoms with Crippen LogP contribution in [0.2, 0.25) is 0 Å². The van der Waals surface area contributed by atoms with Crippen LogP contribution in [-0.2, 0) is 0 Å². The molecule has 1 saturated heterocycles. The molecule has 1 fully saturated rings. The van der Waals surface area contributed by atoms with E-state index < -0.39 is 0 Å². The molecule has 0 aliphatic carbocycles. The number of likely N-dealkylation sites (tertiary alicyclic amines) is 1. The fourth-order valence-electron chi connectivity index (χ4n) is 2.04. The smallest absolute Gasteiger partial charge is 0.272 e. The van der Waals surface area contributed by atoms with Gasteiger partial charge in [0.25, 0.3) is 5.91 Å². The third-order valence-corrected chi connectivity index (χ3v) is 2.89. The number of rotatable bonds is 2. The molecule has 15 heavy (non-hydrogen) atoms. The van der Waals surface area contributed by atoms with Gasteiger partial charge in [-0.1, -0.05) is 0 Å². The molecule has 2 rings (SSSR count). The van der Waals surface area contributed by atoms with Gasteiger partial charge in [-0.3, -0.25) is 4.79 Å². The summed E-state index contributed by atoms with van der Waals surface area (Å²) in [5, 5.41) is 0. The molecule has 1 amide bonds. The molecule has 0 saturated carbocycles. The second kappa shape index (κ2) is 4.44. The van der Waals surface area contributed by atoms with Crippen molar-refractivity contribution < 1.29 is 4.79 Å². The maximum Gasteiger partial charge on any atom is 0.272 e. The Labute approximate surface area is 88.7 Å². The lowest BCUT2D eigenvalue weighted by atomic mass is 10.0. The summed E-state index contributed by atoms with van der Waals surface area (Å²) in [6.45, 7) is 1.35. The van der Waals surface area contributed by atoms with Crippen molar-refractivity contribution in [3.8, 4) is 0 Å². The molecule has 1 aliphatic heterocycles. The first-order valence-electron chi connectivity index (χ1n) is 5.32. The topological polar surface area (TPSA) is 75.0 Å². The summed E-state index contributed by atoms with van der Waals surface area (Å²) >= 11 is 0. The molecule has 1 aliphatic rings. The molecule has 2 heterocycles. The molecule has 1 atom stereocenters. The Kier molecular flexibility index (Phi) is 3.01. The number of nitrogens with one attached hydrogen (secondary N) is 1. The predicted octanol–water partition coefficient (Wildman–Crippen LogP) is 0.363. The highest BCUT2D eigenvalue weighted by Crippen LogP contribution is 2.17. The molecule has 5 nitrogen and oxygen atoms in total. The third-order valence-electron chi connectivity index (χ3n) is 2.89. The van der Waals surface area contributed by atoms with Crippen molar-refractivity contribution in [2.45, 2.75) is 25.3 Å². The summed E-state index contributed by atoms with van der Waals surface area (Å²) in [4.78, 5) is 20.6. The van der Waals surface area contributed by atoms with Crippen LogP contribution >= 0.6 is 0 Å². The lowest BCUT2D eigenvalue weighted by molar-refractivity contribution is 0.0618. The van der Waals surface area contributed by atoms with Crippen LogP contribution in [0.15, 0.2) is 12.5 Å². The number of amides is 1. The normalized spacial score (nSPS) is 21.7. The summed E-state index contributed by atoms with van der Waals surface area (Å²) in [7, 11) is 0. The Hall–Kier alpha value is -1.36. The van der Waals surface area contributed by atoms with Gasteiger partial charge in [-0.15, -0.1) is 0 Å². The Morgan fingerprint density at radius 2 is 2.53 bits per heavy atom. The summed E-state index contributed by atoms with van der Waals surface area (Å²) in [5.74, 6) is 0.0163. The number of aromatic amines is 1. The number of imidazole rings is 1. The van der Waals surface area contributed by atoms with Crippen LogP contribution < -0.4 is 5.73 Å². The van der Waals surface area contributed by atoms with Crippen molar-refractivity contribution in [3.63, 3.8) is 0 Å². The first-order chi connectivity index (χ1) is 7.33. The van der Waals surface area contributed by atoms with E-state index in [4.69, 9.17) is 5.73 Å². The van der Waals surface area contributed by atoms with E-state index in [0.29, 0.717) is 12.2 Å². The Morgan fingerprint density at radius 1 is 1.67 bits per heavy atom. The quantitative estimate of drug-likeness (QED) is 0.737. The van der Waals surface area contributed by atoms with E-state index in [1.54, 1.807) is 6.20 Å². The molecule has 0 spiro atoms. The van der Waals surface area contributed by atoms with Gasteiger partial charge in [-0.05, 0) is 19.3 Å². The average molecular weight is 208 g/mol. The fourth-order valence-corrected chi connectivity index (χ4v) is 2.04. The molecule has 1 aromatic heterocycles. The van der Waals surface area contributed by atoms with E-state index in [9.17, 15) is 4.79 Å². The molecule has 1 aromatic rings. The van der Waals surface area contributed by atoms with E-state index in [-0.39, 0.29) is 11.9 Å². The first kappa shape index (κ1) is 10.2. The molecular weight excluding hydrogens is 192 g/mol. The lowest BCUT2D eigenvalue weighted by Crippen LogP contribution is -2.47. The van der Waals surface area contributed by atoms with Gasteiger partial charge in [-0.2, -0.15) is 0 Å². The van der Waals surface area contributed by atoms with E-state index in [0.717, 1.165) is 25.8 Å². The Morgan fingerprint density at radius 3 is 3.20 bits per heavy atom. The van der Waals surface area contributed by atoms with Gasteiger partial charge in [0.15, 0.2) is 0 Å². The molecule has 82 valence electrons. The summed E-state index contributed by atoms with van der Waals surface area (Å²) in [6, 6.07) is 0.189. The van der Waals surface area contributed by atoms with Crippen LogP contribution in [0.5, 0.6) is 0 Å². The zero-order valence-electron chi connectivity index (χ0n) is 8.65. The monoisotopic (exact) mass is 208 g/mol. The molecule has 0 bridgehead atoms. The predicted molar refractivity (Wildman–Crippen MR) is 56.3 cm³/mol. The molecule has 5 heteroatoms. The summed E-state index contributed by atoms with van der Waals surface area (Å²) in [6.07, 6.45) is 6.32. The van der Waals surface area contributed by atoms with Gasteiger partial charge in [0.2, 0.25) is 0 Å². The van der Waals surface area contributed by atoms with E-state index in [1.807, 2.05) is 4.90 Å². The van der Waals surface area contributed by atoms with Crippen LogP contribution in [0, 0.1) is 0 Å². The van der Waals surface area contributed by atoms with Crippen LogP contribution in [0.1, 0.15) is 29.8 Å². The Balaban J connectivity index is 2.11. The number of H-pyrrole nitrogens is 1. The number of nitrogens with zero attached hydrogens (tertiary/aromatic N) is 2. The average Bonchev–Trinajstić information content (AvgIpc) is 2.81. The highest BCUT2D eigenvalue weighted by atomic mass is 16.2. The molecular formula is C10H16N4O. The summed E-state index contributed by atoms with van der Waals surface area (Å²) < 4.78 is 0. The van der Waals surface area contributed by atoms with Crippen LogP contribution in [0.25, 0.3) is 0 Å². The fraction of sp³-hybridized carbons (Fsp3) is 0.600. The molecule has 1 unspecified atom stereocenters. The minimum absolute atomic E-state index is 0.0163. The number of carbonyl (C=O) groups excluding carboxylic acids is 1. The second-order valence-corrected chi connectivity index (χ2v) is 3.85. The number of piperidine rings is 1. The molecule has 0 radical (unpaired) electrons. The van der Waals surface area contributed by atoms with Crippen LogP contribution in [-0.4, -0.2) is 39.9 Å². The summed E-state index contributed by atoms with van der Waals surface area (Å²) in [5.41, 5.74) is 6.22. The minimum Gasteiger partial charge on any atom is -0.341 e. The number of nitrogens with two attached hydrogens (primary N) is 1. The second-order valence-electron chi connectivity index (χ2n) is 3.85. The van der Waals surface area contributed by atoms with Crippen molar-refractivity contribution in [2.24, 2.45) is 5.73 Å². The largest absolute Gasteiger partial charge is 0.341 e. The van der Waals surface area contributed by atoms with Gasteiger partial charge < -0.3 is 15.6 Å². The Bertz CT molecular complexity index is 322.